The average Bonchev–Trinajstić information content (AvgIpc) is 2.87. The predicted octanol–water partition coefficient (Wildman–Crippen LogP) is 1.97. The molecule has 0 radical (unpaired) electrons. The van der Waals surface area contributed by atoms with Crippen LogP contribution in [0.2, 0.25) is 0 Å². The van der Waals surface area contributed by atoms with Crippen LogP contribution >= 0.6 is 0 Å². The van der Waals surface area contributed by atoms with E-state index in [1.807, 2.05) is 0 Å². The van der Waals surface area contributed by atoms with E-state index >= 15 is 0 Å². The number of hydrogen-bond donors (Lipinski definition) is 2. The molecular formula is C16H18FNO4. The highest BCUT2D eigenvalue weighted by atomic mass is 19.1. The summed E-state index contributed by atoms with van der Waals surface area (Å²) >= 11 is 0. The van der Waals surface area contributed by atoms with Crippen molar-refractivity contribution in [2.75, 3.05) is 6.54 Å². The molecule has 1 atom stereocenters. The zero-order valence-electron chi connectivity index (χ0n) is 12.0. The minimum Gasteiger partial charge on any atom is -0.481 e. The fraction of sp³-hybridized carbons (Fsp3) is 0.500. The Labute approximate surface area is 127 Å². The summed E-state index contributed by atoms with van der Waals surface area (Å²) in [4.78, 5) is 22.8. The molecule has 118 valence electrons. The van der Waals surface area contributed by atoms with Gasteiger partial charge in [0.15, 0.2) is 0 Å². The molecule has 2 aliphatic rings. The second kappa shape index (κ2) is 5.68. The first-order valence-corrected chi connectivity index (χ1v) is 7.42. The number of carbonyl (C=O) groups excluding carboxylic acids is 1. The van der Waals surface area contributed by atoms with Crippen molar-refractivity contribution in [3.8, 4) is 0 Å². The lowest BCUT2D eigenvalue weighted by molar-refractivity contribution is -0.164. The molecule has 22 heavy (non-hydrogen) atoms. The van der Waals surface area contributed by atoms with E-state index in [2.05, 4.69) is 5.32 Å². The molecule has 2 fully saturated rings. The zero-order chi connectivity index (χ0) is 15.7. The highest BCUT2D eigenvalue weighted by Gasteiger charge is 2.52. The summed E-state index contributed by atoms with van der Waals surface area (Å²) < 4.78 is 19.0. The maximum absolute atomic E-state index is 13.1. The SMILES string of the molecule is O=C(NCC1CCC2(CC(C(=O)O)C2)O1)c1cccc(F)c1. The summed E-state index contributed by atoms with van der Waals surface area (Å²) in [5, 5.41) is 11.7. The molecule has 6 heteroatoms. The third-order valence-corrected chi connectivity index (χ3v) is 4.50. The van der Waals surface area contributed by atoms with Crippen LogP contribution in [0.1, 0.15) is 36.0 Å². The highest BCUT2D eigenvalue weighted by molar-refractivity contribution is 5.94. The van der Waals surface area contributed by atoms with Crippen molar-refractivity contribution < 1.29 is 23.8 Å². The monoisotopic (exact) mass is 307 g/mol. The van der Waals surface area contributed by atoms with Gasteiger partial charge in [0.05, 0.1) is 17.6 Å². The largest absolute Gasteiger partial charge is 0.481 e. The molecule has 1 amide bonds. The molecule has 1 spiro atoms. The minimum absolute atomic E-state index is 0.104. The number of nitrogens with one attached hydrogen (secondary N) is 1. The van der Waals surface area contributed by atoms with Gasteiger partial charge >= 0.3 is 5.97 Å². The molecule has 0 aromatic heterocycles. The maximum Gasteiger partial charge on any atom is 0.306 e. The summed E-state index contributed by atoms with van der Waals surface area (Å²) in [6, 6.07) is 5.52. The standard InChI is InChI=1S/C16H18FNO4/c17-12-3-1-2-10(6-12)14(19)18-9-13-4-5-16(22-13)7-11(8-16)15(20)21/h1-3,6,11,13H,4-5,7-9H2,(H,18,19)(H,20,21). The molecule has 0 bridgehead atoms. The average molecular weight is 307 g/mol. The maximum atomic E-state index is 13.1. The number of carboxylic acid groups (broad SMARTS) is 1. The van der Waals surface area contributed by atoms with Gasteiger partial charge in [-0.1, -0.05) is 6.07 Å². The molecule has 2 N–H and O–H groups in total. The van der Waals surface area contributed by atoms with Gasteiger partial charge in [0.2, 0.25) is 0 Å². The van der Waals surface area contributed by atoms with Gasteiger partial charge in [-0.05, 0) is 43.9 Å². The number of amides is 1. The van der Waals surface area contributed by atoms with Crippen LogP contribution in [0.25, 0.3) is 0 Å². The second-order valence-corrected chi connectivity index (χ2v) is 6.13. The highest BCUT2D eigenvalue weighted by Crippen LogP contribution is 2.49. The molecule has 1 aromatic carbocycles. The van der Waals surface area contributed by atoms with Gasteiger partial charge in [-0.3, -0.25) is 9.59 Å². The van der Waals surface area contributed by atoms with Crippen molar-refractivity contribution >= 4 is 11.9 Å². The van der Waals surface area contributed by atoms with E-state index in [9.17, 15) is 14.0 Å². The number of benzene rings is 1. The second-order valence-electron chi connectivity index (χ2n) is 6.13. The van der Waals surface area contributed by atoms with Crippen molar-refractivity contribution in [3.05, 3.63) is 35.6 Å². The molecule has 1 aliphatic carbocycles. The Morgan fingerprint density at radius 3 is 2.86 bits per heavy atom. The van der Waals surface area contributed by atoms with Gasteiger partial charge in [0.25, 0.3) is 5.91 Å². The molecule has 1 unspecified atom stereocenters. The molecule has 1 aromatic rings. The van der Waals surface area contributed by atoms with E-state index in [-0.39, 0.29) is 29.1 Å². The number of rotatable bonds is 4. The van der Waals surface area contributed by atoms with Crippen LogP contribution in [-0.2, 0) is 9.53 Å². The summed E-state index contributed by atoms with van der Waals surface area (Å²) in [5.41, 5.74) is -0.0283. The van der Waals surface area contributed by atoms with Crippen LogP contribution in [0.15, 0.2) is 24.3 Å². The van der Waals surface area contributed by atoms with Gasteiger partial charge < -0.3 is 15.2 Å². The third kappa shape index (κ3) is 2.97. The van der Waals surface area contributed by atoms with Gasteiger partial charge in [-0.2, -0.15) is 0 Å². The van der Waals surface area contributed by atoms with Crippen molar-refractivity contribution in [3.63, 3.8) is 0 Å². The topological polar surface area (TPSA) is 75.6 Å². The Kier molecular flexibility index (Phi) is 3.87. The quantitative estimate of drug-likeness (QED) is 0.891. The van der Waals surface area contributed by atoms with Gasteiger partial charge in [-0.25, -0.2) is 4.39 Å². The van der Waals surface area contributed by atoms with Crippen molar-refractivity contribution in [1.82, 2.24) is 5.32 Å². The number of carbonyl (C=O) groups is 2. The number of aliphatic carboxylic acids is 1. The summed E-state index contributed by atoms with van der Waals surface area (Å²) in [5.74, 6) is -1.85. The first-order chi connectivity index (χ1) is 10.5. The lowest BCUT2D eigenvalue weighted by Crippen LogP contribution is -2.47. The lowest BCUT2D eigenvalue weighted by Gasteiger charge is -2.42. The van der Waals surface area contributed by atoms with Crippen LogP contribution in [0.4, 0.5) is 4.39 Å². The van der Waals surface area contributed by atoms with Crippen molar-refractivity contribution in [1.29, 1.82) is 0 Å². The number of hydrogen-bond acceptors (Lipinski definition) is 3. The third-order valence-electron chi connectivity index (χ3n) is 4.50. The molecule has 5 nitrogen and oxygen atoms in total. The van der Waals surface area contributed by atoms with E-state index in [0.29, 0.717) is 19.4 Å². The van der Waals surface area contributed by atoms with E-state index in [1.165, 1.54) is 18.2 Å². The first kappa shape index (κ1) is 15.0. The zero-order valence-corrected chi connectivity index (χ0v) is 12.0. The Hall–Kier alpha value is -1.95. The normalized spacial score (nSPS) is 30.0. The molecule has 1 saturated heterocycles. The van der Waals surface area contributed by atoms with Crippen molar-refractivity contribution in [2.24, 2.45) is 5.92 Å². The van der Waals surface area contributed by atoms with E-state index < -0.39 is 11.8 Å². The van der Waals surface area contributed by atoms with Crippen LogP contribution in [0, 0.1) is 11.7 Å². The molecule has 3 rings (SSSR count). The van der Waals surface area contributed by atoms with Gasteiger partial charge in [0.1, 0.15) is 5.82 Å². The molecule has 1 aliphatic heterocycles. The summed E-state index contributed by atoms with van der Waals surface area (Å²) in [7, 11) is 0. The van der Waals surface area contributed by atoms with E-state index in [0.717, 1.165) is 12.8 Å². The Balaban J connectivity index is 1.47. The number of carboxylic acids is 1. The number of ether oxygens (including phenoxy) is 1. The Morgan fingerprint density at radius 1 is 1.41 bits per heavy atom. The number of halogens is 1. The van der Waals surface area contributed by atoms with Gasteiger partial charge in [0, 0.05) is 12.1 Å². The Bertz CT molecular complexity index is 598. The molecule has 1 heterocycles. The van der Waals surface area contributed by atoms with E-state index in [4.69, 9.17) is 9.84 Å². The minimum atomic E-state index is -0.767. The first-order valence-electron chi connectivity index (χ1n) is 7.42. The van der Waals surface area contributed by atoms with Crippen LogP contribution in [-0.4, -0.2) is 35.2 Å². The van der Waals surface area contributed by atoms with Crippen LogP contribution < -0.4 is 5.32 Å². The smallest absolute Gasteiger partial charge is 0.306 e. The summed E-state index contributed by atoms with van der Waals surface area (Å²) in [6.07, 6.45) is 2.63. The Morgan fingerprint density at radius 2 is 2.18 bits per heavy atom. The fourth-order valence-corrected chi connectivity index (χ4v) is 3.29. The molecule has 1 saturated carbocycles. The van der Waals surface area contributed by atoms with Crippen LogP contribution in [0.3, 0.4) is 0 Å². The van der Waals surface area contributed by atoms with E-state index in [1.54, 1.807) is 6.07 Å². The molecular weight excluding hydrogens is 289 g/mol. The van der Waals surface area contributed by atoms with Gasteiger partial charge in [-0.15, -0.1) is 0 Å². The predicted molar refractivity (Wildman–Crippen MR) is 75.9 cm³/mol. The fourth-order valence-electron chi connectivity index (χ4n) is 3.29. The lowest BCUT2D eigenvalue weighted by atomic mass is 9.69. The van der Waals surface area contributed by atoms with Crippen LogP contribution in [0.5, 0.6) is 0 Å². The van der Waals surface area contributed by atoms with Crippen molar-refractivity contribution in [2.45, 2.75) is 37.4 Å². The summed E-state index contributed by atoms with van der Waals surface area (Å²) in [6.45, 7) is 0.356.